The Bertz CT molecular complexity index is 374. The van der Waals surface area contributed by atoms with Gasteiger partial charge in [0.05, 0.1) is 12.7 Å². The molecule has 0 amide bonds. The summed E-state index contributed by atoms with van der Waals surface area (Å²) < 4.78 is 10.6. The van der Waals surface area contributed by atoms with Crippen molar-refractivity contribution in [3.63, 3.8) is 0 Å². The number of ether oxygens (including phenoxy) is 2. The molecule has 0 heterocycles. The molecule has 0 aromatic rings. The Morgan fingerprint density at radius 2 is 1.70 bits per heavy atom. The molecule has 1 N–H and O–H groups in total. The van der Waals surface area contributed by atoms with Crippen molar-refractivity contribution in [2.45, 2.75) is 77.9 Å². The van der Waals surface area contributed by atoms with Gasteiger partial charge in [-0.1, -0.05) is 20.3 Å². The number of ketones is 1. The maximum absolute atomic E-state index is 11.6. The van der Waals surface area contributed by atoms with Crippen LogP contribution in [0.5, 0.6) is 0 Å². The van der Waals surface area contributed by atoms with Crippen molar-refractivity contribution in [1.82, 2.24) is 0 Å². The zero-order chi connectivity index (χ0) is 17.7. The molecule has 0 aliphatic heterocycles. The lowest BCUT2D eigenvalue weighted by Gasteiger charge is -2.16. The molecule has 5 nitrogen and oxygen atoms in total. The topological polar surface area (TPSA) is 72.8 Å². The summed E-state index contributed by atoms with van der Waals surface area (Å²) >= 11 is 0. The summed E-state index contributed by atoms with van der Waals surface area (Å²) in [7, 11) is 0. The van der Waals surface area contributed by atoms with Crippen LogP contribution >= 0.6 is 0 Å². The molecule has 2 atom stereocenters. The van der Waals surface area contributed by atoms with E-state index < -0.39 is 17.4 Å². The van der Waals surface area contributed by atoms with E-state index in [0.29, 0.717) is 19.1 Å². The van der Waals surface area contributed by atoms with E-state index in [1.165, 1.54) is 6.92 Å². The number of aliphatic hydroxyl groups is 1. The van der Waals surface area contributed by atoms with Gasteiger partial charge in [-0.25, -0.2) is 4.79 Å². The zero-order valence-electron chi connectivity index (χ0n) is 15.0. The first kappa shape index (κ1) is 21.8. The first-order valence-electron chi connectivity index (χ1n) is 8.56. The number of esters is 1. The number of unbranched alkanes of at least 4 members (excludes halogenated alkanes) is 3. The van der Waals surface area contributed by atoms with Crippen LogP contribution in [-0.2, 0) is 19.1 Å². The predicted molar refractivity (Wildman–Crippen MR) is 90.2 cm³/mol. The lowest BCUT2D eigenvalue weighted by atomic mass is 9.98. The SMILES string of the molecule is CCC(C)OCCCCCCOC(=O)/C=C/C(=O)C(C)(O)CC. The minimum absolute atomic E-state index is 0.298. The van der Waals surface area contributed by atoms with Crippen LogP contribution in [0.25, 0.3) is 0 Å². The third-order valence-corrected chi connectivity index (χ3v) is 3.85. The average Bonchev–Trinajstić information content (AvgIpc) is 2.54. The fourth-order valence-electron chi connectivity index (χ4n) is 1.68. The largest absolute Gasteiger partial charge is 0.463 e. The Morgan fingerprint density at radius 3 is 2.26 bits per heavy atom. The van der Waals surface area contributed by atoms with Crippen LogP contribution in [0.3, 0.4) is 0 Å². The van der Waals surface area contributed by atoms with E-state index in [1.807, 2.05) is 0 Å². The van der Waals surface area contributed by atoms with Crippen LogP contribution in [0.4, 0.5) is 0 Å². The normalized spacial score (nSPS) is 15.3. The Kier molecular flexibility index (Phi) is 11.6. The van der Waals surface area contributed by atoms with Crippen LogP contribution in [-0.4, -0.2) is 41.8 Å². The first-order chi connectivity index (χ1) is 10.8. The van der Waals surface area contributed by atoms with Gasteiger partial charge in [0.25, 0.3) is 0 Å². The minimum atomic E-state index is -1.42. The Balaban J connectivity index is 3.66. The summed E-state index contributed by atoms with van der Waals surface area (Å²) in [6, 6.07) is 0. The highest BCUT2D eigenvalue weighted by Gasteiger charge is 2.25. The standard InChI is InChI=1S/C18H32O5/c1-5-15(3)22-13-9-7-8-10-14-23-17(20)12-11-16(19)18(4,21)6-2/h11-12,15,21H,5-10,13-14H2,1-4H3/b12-11+. The Labute approximate surface area is 140 Å². The first-order valence-corrected chi connectivity index (χ1v) is 8.56. The predicted octanol–water partition coefficient (Wildman–Crippen LogP) is 3.19. The highest BCUT2D eigenvalue weighted by molar-refractivity contribution is 6.00. The van der Waals surface area contributed by atoms with E-state index in [4.69, 9.17) is 9.47 Å². The lowest BCUT2D eigenvalue weighted by Crippen LogP contribution is -2.32. The van der Waals surface area contributed by atoms with Gasteiger partial charge < -0.3 is 14.6 Å². The second-order valence-electron chi connectivity index (χ2n) is 6.00. The number of hydrogen-bond donors (Lipinski definition) is 1. The molecule has 0 aromatic heterocycles. The molecule has 0 radical (unpaired) electrons. The van der Waals surface area contributed by atoms with E-state index in [9.17, 15) is 14.7 Å². The molecule has 0 fully saturated rings. The van der Waals surface area contributed by atoms with Gasteiger partial charge >= 0.3 is 5.97 Å². The van der Waals surface area contributed by atoms with Crippen LogP contribution in [0.2, 0.25) is 0 Å². The molecule has 2 unspecified atom stereocenters. The molecular formula is C18H32O5. The van der Waals surface area contributed by atoms with Crippen molar-refractivity contribution in [2.24, 2.45) is 0 Å². The van der Waals surface area contributed by atoms with Crippen molar-refractivity contribution in [2.75, 3.05) is 13.2 Å². The second-order valence-corrected chi connectivity index (χ2v) is 6.00. The third-order valence-electron chi connectivity index (χ3n) is 3.85. The van der Waals surface area contributed by atoms with Crippen molar-refractivity contribution in [3.05, 3.63) is 12.2 Å². The molecule has 0 aliphatic rings. The van der Waals surface area contributed by atoms with Crippen molar-refractivity contribution in [1.29, 1.82) is 0 Å². The maximum Gasteiger partial charge on any atom is 0.330 e. The van der Waals surface area contributed by atoms with Gasteiger partial charge in [0, 0.05) is 12.7 Å². The van der Waals surface area contributed by atoms with Gasteiger partial charge in [0.15, 0.2) is 5.78 Å². The van der Waals surface area contributed by atoms with Gasteiger partial charge in [-0.15, -0.1) is 0 Å². The fraction of sp³-hybridized carbons (Fsp3) is 0.778. The number of carbonyl (C=O) groups is 2. The van der Waals surface area contributed by atoms with E-state index in [0.717, 1.165) is 50.9 Å². The molecular weight excluding hydrogens is 296 g/mol. The zero-order valence-corrected chi connectivity index (χ0v) is 15.0. The molecule has 5 heteroatoms. The van der Waals surface area contributed by atoms with Gasteiger partial charge in [-0.05, 0) is 52.0 Å². The third kappa shape index (κ3) is 11.0. The van der Waals surface area contributed by atoms with Gasteiger partial charge in [0.1, 0.15) is 5.60 Å². The van der Waals surface area contributed by atoms with E-state index in [-0.39, 0.29) is 0 Å². The Morgan fingerprint density at radius 1 is 1.09 bits per heavy atom. The molecule has 0 aliphatic carbocycles. The average molecular weight is 328 g/mol. The summed E-state index contributed by atoms with van der Waals surface area (Å²) in [6.07, 6.45) is 7.63. The molecule has 23 heavy (non-hydrogen) atoms. The monoisotopic (exact) mass is 328 g/mol. The highest BCUT2D eigenvalue weighted by atomic mass is 16.5. The Hall–Kier alpha value is -1.20. The molecule has 0 saturated heterocycles. The molecule has 0 aromatic carbocycles. The number of hydrogen-bond acceptors (Lipinski definition) is 5. The van der Waals surface area contributed by atoms with Crippen LogP contribution < -0.4 is 0 Å². The summed E-state index contributed by atoms with van der Waals surface area (Å²) in [5, 5.41) is 9.71. The molecule has 0 saturated carbocycles. The quantitative estimate of drug-likeness (QED) is 0.319. The van der Waals surface area contributed by atoms with Crippen molar-refractivity contribution < 1.29 is 24.2 Å². The molecule has 0 bridgehead atoms. The maximum atomic E-state index is 11.6. The van der Waals surface area contributed by atoms with E-state index in [1.54, 1.807) is 6.92 Å². The van der Waals surface area contributed by atoms with Crippen molar-refractivity contribution >= 4 is 11.8 Å². The molecule has 0 spiro atoms. The van der Waals surface area contributed by atoms with Crippen molar-refractivity contribution in [3.8, 4) is 0 Å². The summed E-state index contributed by atoms with van der Waals surface area (Å²) in [5.74, 6) is -1.04. The van der Waals surface area contributed by atoms with Crippen LogP contribution in [0.1, 0.15) is 66.2 Å². The molecule has 134 valence electrons. The van der Waals surface area contributed by atoms with Crippen LogP contribution in [0, 0.1) is 0 Å². The fourth-order valence-corrected chi connectivity index (χ4v) is 1.68. The highest BCUT2D eigenvalue weighted by Crippen LogP contribution is 2.10. The van der Waals surface area contributed by atoms with E-state index >= 15 is 0 Å². The number of rotatable bonds is 13. The van der Waals surface area contributed by atoms with E-state index in [2.05, 4.69) is 13.8 Å². The van der Waals surface area contributed by atoms with Gasteiger partial charge in [-0.3, -0.25) is 4.79 Å². The number of carbonyl (C=O) groups excluding carboxylic acids is 2. The summed E-state index contributed by atoms with van der Waals surface area (Å²) in [4.78, 5) is 23.0. The second kappa shape index (κ2) is 12.3. The molecule has 0 rings (SSSR count). The van der Waals surface area contributed by atoms with Gasteiger partial charge in [0.2, 0.25) is 0 Å². The summed E-state index contributed by atoms with van der Waals surface area (Å²) in [6.45, 7) is 8.42. The minimum Gasteiger partial charge on any atom is -0.463 e. The summed E-state index contributed by atoms with van der Waals surface area (Å²) in [5.41, 5.74) is -1.42. The van der Waals surface area contributed by atoms with Crippen LogP contribution in [0.15, 0.2) is 12.2 Å². The lowest BCUT2D eigenvalue weighted by molar-refractivity contribution is -0.138. The smallest absolute Gasteiger partial charge is 0.330 e. The van der Waals surface area contributed by atoms with Gasteiger partial charge in [-0.2, -0.15) is 0 Å².